The van der Waals surface area contributed by atoms with E-state index in [0.717, 1.165) is 17.6 Å². The molecule has 1 saturated carbocycles. The van der Waals surface area contributed by atoms with Crippen LogP contribution in [0.1, 0.15) is 33.1 Å². The summed E-state index contributed by atoms with van der Waals surface area (Å²) in [6, 6.07) is 0.547. The van der Waals surface area contributed by atoms with E-state index < -0.39 is 0 Å². The van der Waals surface area contributed by atoms with Crippen molar-refractivity contribution in [1.29, 1.82) is 0 Å². The third-order valence-corrected chi connectivity index (χ3v) is 2.82. The lowest BCUT2D eigenvalue weighted by molar-refractivity contribution is 0.258. The highest BCUT2D eigenvalue weighted by Gasteiger charge is 2.23. The molecule has 1 rings (SSSR count). The van der Waals surface area contributed by atoms with E-state index in [1.165, 1.54) is 19.3 Å². The average Bonchev–Trinajstić information content (AvgIpc) is 1.82. The summed E-state index contributed by atoms with van der Waals surface area (Å²) >= 11 is 5.10. The van der Waals surface area contributed by atoms with E-state index in [1.807, 2.05) is 0 Å². The molecule has 1 aliphatic rings. The third-order valence-electron chi connectivity index (χ3n) is 2.55. The summed E-state index contributed by atoms with van der Waals surface area (Å²) in [5.41, 5.74) is 0. The second-order valence-corrected chi connectivity index (χ2v) is 3.89. The summed E-state index contributed by atoms with van der Waals surface area (Å²) in [6.45, 7) is 5.18. The summed E-state index contributed by atoms with van der Waals surface area (Å²) in [5.74, 6) is 0.849. The summed E-state index contributed by atoms with van der Waals surface area (Å²) in [6.07, 6.45) is 4.12. The van der Waals surface area contributed by atoms with Gasteiger partial charge in [0.15, 0.2) is 5.11 Å². The van der Waals surface area contributed by atoms with Crippen LogP contribution in [0.25, 0.3) is 0 Å². The lowest BCUT2D eigenvalue weighted by Crippen LogP contribution is -2.45. The van der Waals surface area contributed by atoms with Crippen LogP contribution in [0.15, 0.2) is 0 Å². The number of hydrogen-bond acceptors (Lipinski definition) is 1. The Hall–Kier alpha value is -0.310. The molecule has 0 unspecified atom stereocenters. The van der Waals surface area contributed by atoms with Crippen LogP contribution < -0.4 is 10.6 Å². The van der Waals surface area contributed by atoms with Crippen LogP contribution in [0.4, 0.5) is 0 Å². The van der Waals surface area contributed by atoms with Gasteiger partial charge in [-0.3, -0.25) is 0 Å². The lowest BCUT2D eigenvalue weighted by Gasteiger charge is -2.32. The van der Waals surface area contributed by atoms with Crippen LogP contribution in [0.3, 0.4) is 0 Å². The molecular weight excluding hydrogens is 168 g/mol. The zero-order valence-electron chi connectivity index (χ0n) is 7.89. The summed E-state index contributed by atoms with van der Waals surface area (Å²) < 4.78 is 0. The van der Waals surface area contributed by atoms with E-state index in [0.29, 0.717) is 6.04 Å². The van der Waals surface area contributed by atoms with Gasteiger partial charge in [0.05, 0.1) is 0 Å². The number of nitrogens with one attached hydrogen (secondary N) is 2. The molecule has 12 heavy (non-hydrogen) atoms. The first kappa shape index (κ1) is 9.78. The monoisotopic (exact) mass is 186 g/mol. The Morgan fingerprint density at radius 3 is 2.67 bits per heavy atom. The summed E-state index contributed by atoms with van der Waals surface area (Å²) in [4.78, 5) is 0. The molecule has 0 aromatic carbocycles. The van der Waals surface area contributed by atoms with Crippen LogP contribution in [0.5, 0.6) is 0 Å². The van der Waals surface area contributed by atoms with Gasteiger partial charge in [-0.25, -0.2) is 0 Å². The van der Waals surface area contributed by atoms with Crippen molar-refractivity contribution in [2.24, 2.45) is 5.92 Å². The number of hydrogen-bond donors (Lipinski definition) is 2. The van der Waals surface area contributed by atoms with Crippen molar-refractivity contribution in [1.82, 2.24) is 10.6 Å². The van der Waals surface area contributed by atoms with Gasteiger partial charge < -0.3 is 10.6 Å². The lowest BCUT2D eigenvalue weighted by atomic mass is 9.80. The molecule has 0 aliphatic heterocycles. The normalized spacial score (nSPS) is 19.5. The molecule has 0 spiro atoms. The Labute approximate surface area is 80.1 Å². The molecule has 0 heterocycles. The molecule has 0 saturated heterocycles. The van der Waals surface area contributed by atoms with Crippen molar-refractivity contribution in [3.05, 3.63) is 0 Å². The largest absolute Gasteiger partial charge is 0.363 e. The molecule has 0 amide bonds. The quantitative estimate of drug-likeness (QED) is 0.656. The van der Waals surface area contributed by atoms with Crippen LogP contribution in [0, 0.1) is 5.92 Å². The average molecular weight is 186 g/mol. The molecular formula is C9H18N2S. The van der Waals surface area contributed by atoms with Gasteiger partial charge in [0.1, 0.15) is 0 Å². The maximum Gasteiger partial charge on any atom is 0.166 e. The van der Waals surface area contributed by atoms with E-state index in [9.17, 15) is 0 Å². The predicted octanol–water partition coefficient (Wildman–Crippen LogP) is 1.66. The molecule has 1 atom stereocenters. The van der Waals surface area contributed by atoms with Gasteiger partial charge in [-0.05, 0) is 44.8 Å². The topological polar surface area (TPSA) is 24.1 Å². The maximum absolute atomic E-state index is 5.10. The van der Waals surface area contributed by atoms with Crippen LogP contribution in [-0.2, 0) is 0 Å². The molecule has 0 radical (unpaired) electrons. The van der Waals surface area contributed by atoms with Crippen molar-refractivity contribution in [2.75, 3.05) is 6.54 Å². The third kappa shape index (κ3) is 2.63. The minimum atomic E-state index is 0.547. The van der Waals surface area contributed by atoms with E-state index in [-0.39, 0.29) is 0 Å². The van der Waals surface area contributed by atoms with E-state index in [1.54, 1.807) is 0 Å². The fourth-order valence-electron chi connectivity index (χ4n) is 1.48. The van der Waals surface area contributed by atoms with E-state index >= 15 is 0 Å². The van der Waals surface area contributed by atoms with Gasteiger partial charge in [0.25, 0.3) is 0 Å². The highest BCUT2D eigenvalue weighted by Crippen LogP contribution is 2.29. The molecule has 1 fully saturated rings. The van der Waals surface area contributed by atoms with Crippen molar-refractivity contribution >= 4 is 17.3 Å². The standard InChI is InChI=1S/C9H18N2S/c1-3-10-9(12)11-7(2)8-5-4-6-8/h7-8H,3-6H2,1-2H3,(H2,10,11,12)/t7-/m1/s1. The number of thiocarbonyl (C=S) groups is 1. The molecule has 3 heteroatoms. The van der Waals surface area contributed by atoms with Gasteiger partial charge in [0, 0.05) is 12.6 Å². The van der Waals surface area contributed by atoms with Crippen molar-refractivity contribution in [2.45, 2.75) is 39.2 Å². The minimum Gasteiger partial charge on any atom is -0.363 e. The Kier molecular flexibility index (Phi) is 3.79. The zero-order valence-corrected chi connectivity index (χ0v) is 8.71. The minimum absolute atomic E-state index is 0.547. The first-order chi connectivity index (χ1) is 5.74. The summed E-state index contributed by atoms with van der Waals surface area (Å²) in [5, 5.41) is 7.21. The Morgan fingerprint density at radius 2 is 2.25 bits per heavy atom. The van der Waals surface area contributed by atoms with Crippen LogP contribution in [0.2, 0.25) is 0 Å². The molecule has 2 N–H and O–H groups in total. The molecule has 2 nitrogen and oxygen atoms in total. The second kappa shape index (κ2) is 4.65. The first-order valence-electron chi connectivity index (χ1n) is 4.78. The fourth-order valence-corrected chi connectivity index (χ4v) is 1.81. The van der Waals surface area contributed by atoms with Gasteiger partial charge in [-0.2, -0.15) is 0 Å². The molecule has 0 aromatic heterocycles. The SMILES string of the molecule is CCNC(=S)N[C@H](C)C1CCC1. The smallest absolute Gasteiger partial charge is 0.166 e. The first-order valence-corrected chi connectivity index (χ1v) is 5.19. The highest BCUT2D eigenvalue weighted by atomic mass is 32.1. The van der Waals surface area contributed by atoms with Crippen LogP contribution in [-0.4, -0.2) is 17.7 Å². The Morgan fingerprint density at radius 1 is 1.58 bits per heavy atom. The Bertz CT molecular complexity index is 155. The fraction of sp³-hybridized carbons (Fsp3) is 0.889. The van der Waals surface area contributed by atoms with E-state index in [4.69, 9.17) is 12.2 Å². The Balaban J connectivity index is 2.15. The molecule has 0 aromatic rings. The van der Waals surface area contributed by atoms with Crippen molar-refractivity contribution in [3.63, 3.8) is 0 Å². The van der Waals surface area contributed by atoms with Crippen molar-refractivity contribution in [3.8, 4) is 0 Å². The predicted molar refractivity (Wildman–Crippen MR) is 56.2 cm³/mol. The second-order valence-electron chi connectivity index (χ2n) is 3.48. The van der Waals surface area contributed by atoms with Crippen molar-refractivity contribution < 1.29 is 0 Å². The zero-order chi connectivity index (χ0) is 8.97. The maximum atomic E-state index is 5.10. The van der Waals surface area contributed by atoms with Gasteiger partial charge in [-0.15, -0.1) is 0 Å². The van der Waals surface area contributed by atoms with Gasteiger partial charge >= 0.3 is 0 Å². The summed E-state index contributed by atoms with van der Waals surface area (Å²) in [7, 11) is 0. The highest BCUT2D eigenvalue weighted by molar-refractivity contribution is 7.80. The molecule has 1 aliphatic carbocycles. The number of rotatable bonds is 3. The molecule has 0 bridgehead atoms. The van der Waals surface area contributed by atoms with Gasteiger partial charge in [0.2, 0.25) is 0 Å². The van der Waals surface area contributed by atoms with Gasteiger partial charge in [-0.1, -0.05) is 6.42 Å². The molecule has 70 valence electrons. The van der Waals surface area contributed by atoms with Crippen LogP contribution >= 0.6 is 12.2 Å². The van der Waals surface area contributed by atoms with E-state index in [2.05, 4.69) is 24.5 Å².